The number of hydrogen-bond donors (Lipinski definition) is 2. The summed E-state index contributed by atoms with van der Waals surface area (Å²) in [4.78, 5) is 0.146. The number of aryl methyl sites for hydroxylation is 1. The van der Waals surface area contributed by atoms with Crippen LogP contribution in [0.3, 0.4) is 0 Å². The molecule has 0 amide bonds. The Kier molecular flexibility index (Phi) is 4.27. The summed E-state index contributed by atoms with van der Waals surface area (Å²) in [6, 6.07) is 5.17. The lowest BCUT2D eigenvalue weighted by Crippen LogP contribution is -2.37. The van der Waals surface area contributed by atoms with Crippen molar-refractivity contribution >= 4 is 21.6 Å². The van der Waals surface area contributed by atoms with Gasteiger partial charge in [-0.15, -0.1) is 0 Å². The lowest BCUT2D eigenvalue weighted by atomic mass is 10.2. The molecule has 1 unspecified atom stereocenters. The van der Waals surface area contributed by atoms with E-state index >= 15 is 0 Å². The normalized spacial score (nSPS) is 20.2. The maximum Gasteiger partial charge on any atom is 0.242 e. The van der Waals surface area contributed by atoms with E-state index in [0.29, 0.717) is 6.54 Å². The van der Waals surface area contributed by atoms with Gasteiger partial charge in [0.15, 0.2) is 0 Å². The minimum atomic E-state index is -3.52. The standard InChI is InChI=1S/C12H17ClN2O2S/c1-9-4-5-12(11(13)7-9)18(16,17)15-8-10-3-2-6-14-10/h4-5,7,10,14-15H,2-3,6,8H2,1H3. The van der Waals surface area contributed by atoms with Crippen molar-refractivity contribution in [3.05, 3.63) is 28.8 Å². The van der Waals surface area contributed by atoms with E-state index in [1.54, 1.807) is 18.2 Å². The van der Waals surface area contributed by atoms with Crippen molar-refractivity contribution in [2.75, 3.05) is 13.1 Å². The average Bonchev–Trinajstić information content (AvgIpc) is 2.78. The van der Waals surface area contributed by atoms with Gasteiger partial charge < -0.3 is 5.32 Å². The second-order valence-electron chi connectivity index (χ2n) is 4.58. The zero-order valence-electron chi connectivity index (χ0n) is 10.2. The highest BCUT2D eigenvalue weighted by atomic mass is 35.5. The fourth-order valence-corrected chi connectivity index (χ4v) is 3.72. The largest absolute Gasteiger partial charge is 0.313 e. The van der Waals surface area contributed by atoms with Crippen molar-refractivity contribution in [1.82, 2.24) is 10.0 Å². The maximum absolute atomic E-state index is 12.1. The van der Waals surface area contributed by atoms with Gasteiger partial charge in [0, 0.05) is 12.6 Å². The monoisotopic (exact) mass is 288 g/mol. The summed E-state index contributed by atoms with van der Waals surface area (Å²) >= 11 is 5.97. The Morgan fingerprint density at radius 3 is 2.89 bits per heavy atom. The molecule has 100 valence electrons. The van der Waals surface area contributed by atoms with Crippen LogP contribution < -0.4 is 10.0 Å². The van der Waals surface area contributed by atoms with E-state index in [2.05, 4.69) is 10.0 Å². The van der Waals surface area contributed by atoms with Gasteiger partial charge in [0.05, 0.1) is 5.02 Å². The molecule has 0 aliphatic carbocycles. The molecule has 1 heterocycles. The molecule has 1 fully saturated rings. The highest BCUT2D eigenvalue weighted by Gasteiger charge is 2.21. The molecule has 1 saturated heterocycles. The Balaban J connectivity index is 2.09. The number of nitrogens with one attached hydrogen (secondary N) is 2. The third-order valence-electron chi connectivity index (χ3n) is 3.06. The molecule has 4 nitrogen and oxygen atoms in total. The van der Waals surface area contributed by atoms with Crippen LogP contribution in [-0.2, 0) is 10.0 Å². The van der Waals surface area contributed by atoms with Crippen LogP contribution in [0, 0.1) is 6.92 Å². The number of benzene rings is 1. The average molecular weight is 289 g/mol. The third-order valence-corrected chi connectivity index (χ3v) is 4.97. The molecule has 1 atom stereocenters. The van der Waals surface area contributed by atoms with Crippen molar-refractivity contribution in [3.63, 3.8) is 0 Å². The van der Waals surface area contributed by atoms with Crippen molar-refractivity contribution < 1.29 is 8.42 Å². The summed E-state index contributed by atoms with van der Waals surface area (Å²) in [5, 5.41) is 3.51. The molecule has 0 spiro atoms. The highest BCUT2D eigenvalue weighted by molar-refractivity contribution is 7.89. The second-order valence-corrected chi connectivity index (χ2v) is 6.72. The highest BCUT2D eigenvalue weighted by Crippen LogP contribution is 2.22. The topological polar surface area (TPSA) is 58.2 Å². The number of sulfonamides is 1. The summed E-state index contributed by atoms with van der Waals surface area (Å²) in [6.07, 6.45) is 2.10. The summed E-state index contributed by atoms with van der Waals surface area (Å²) in [6.45, 7) is 3.24. The summed E-state index contributed by atoms with van der Waals surface area (Å²) in [5.74, 6) is 0. The molecule has 0 saturated carbocycles. The van der Waals surface area contributed by atoms with Gasteiger partial charge in [-0.1, -0.05) is 17.7 Å². The Morgan fingerprint density at radius 1 is 1.50 bits per heavy atom. The second kappa shape index (κ2) is 5.57. The van der Waals surface area contributed by atoms with Crippen LogP contribution in [-0.4, -0.2) is 27.5 Å². The van der Waals surface area contributed by atoms with Gasteiger partial charge in [-0.2, -0.15) is 0 Å². The minimum absolute atomic E-state index is 0.146. The maximum atomic E-state index is 12.1. The van der Waals surface area contributed by atoms with Crippen molar-refractivity contribution in [1.29, 1.82) is 0 Å². The van der Waals surface area contributed by atoms with E-state index in [1.807, 2.05) is 6.92 Å². The molecular weight excluding hydrogens is 272 g/mol. The van der Waals surface area contributed by atoms with Gasteiger partial charge in [-0.25, -0.2) is 13.1 Å². The summed E-state index contributed by atoms with van der Waals surface area (Å²) < 4.78 is 26.8. The molecule has 1 aromatic rings. The lowest BCUT2D eigenvalue weighted by Gasteiger charge is -2.13. The molecule has 1 aliphatic rings. The van der Waals surface area contributed by atoms with Gasteiger partial charge in [0.2, 0.25) is 10.0 Å². The van der Waals surface area contributed by atoms with E-state index < -0.39 is 10.0 Å². The molecular formula is C12H17ClN2O2S. The minimum Gasteiger partial charge on any atom is -0.313 e. The smallest absolute Gasteiger partial charge is 0.242 e. The molecule has 0 aromatic heterocycles. The first kappa shape index (κ1) is 13.8. The van der Waals surface area contributed by atoms with Crippen LogP contribution in [0.2, 0.25) is 5.02 Å². The van der Waals surface area contributed by atoms with E-state index in [9.17, 15) is 8.42 Å². The van der Waals surface area contributed by atoms with Crippen molar-refractivity contribution in [3.8, 4) is 0 Å². The molecule has 0 bridgehead atoms. The molecule has 1 aliphatic heterocycles. The fourth-order valence-electron chi connectivity index (χ4n) is 2.04. The first-order valence-electron chi connectivity index (χ1n) is 5.98. The van der Waals surface area contributed by atoms with Gasteiger partial charge in [-0.3, -0.25) is 0 Å². The predicted molar refractivity (Wildman–Crippen MR) is 72.4 cm³/mol. The van der Waals surface area contributed by atoms with Crippen molar-refractivity contribution in [2.45, 2.75) is 30.7 Å². The van der Waals surface area contributed by atoms with Crippen LogP contribution >= 0.6 is 11.6 Å². The summed E-state index contributed by atoms with van der Waals surface area (Å²) in [5.41, 5.74) is 0.941. The molecule has 2 rings (SSSR count). The Hall–Kier alpha value is -0.620. The fraction of sp³-hybridized carbons (Fsp3) is 0.500. The predicted octanol–water partition coefficient (Wildman–Crippen LogP) is 1.68. The SMILES string of the molecule is Cc1ccc(S(=O)(=O)NCC2CCCN2)c(Cl)c1. The van der Waals surface area contributed by atoms with Gasteiger partial charge in [0.1, 0.15) is 4.90 Å². The zero-order valence-corrected chi connectivity index (χ0v) is 11.8. The van der Waals surface area contributed by atoms with Gasteiger partial charge >= 0.3 is 0 Å². The first-order valence-corrected chi connectivity index (χ1v) is 7.84. The van der Waals surface area contributed by atoms with Crippen LogP contribution in [0.5, 0.6) is 0 Å². The van der Waals surface area contributed by atoms with E-state index in [1.165, 1.54) is 0 Å². The molecule has 18 heavy (non-hydrogen) atoms. The van der Waals surface area contributed by atoms with Crippen LogP contribution in [0.25, 0.3) is 0 Å². The lowest BCUT2D eigenvalue weighted by molar-refractivity contribution is 0.552. The molecule has 0 radical (unpaired) electrons. The number of halogens is 1. The zero-order chi connectivity index (χ0) is 13.2. The van der Waals surface area contributed by atoms with Crippen LogP contribution in [0.15, 0.2) is 23.1 Å². The van der Waals surface area contributed by atoms with E-state index in [-0.39, 0.29) is 16.0 Å². The Bertz CT molecular complexity index is 525. The van der Waals surface area contributed by atoms with Crippen LogP contribution in [0.1, 0.15) is 18.4 Å². The molecule has 1 aromatic carbocycles. The molecule has 6 heteroatoms. The van der Waals surface area contributed by atoms with Crippen LogP contribution in [0.4, 0.5) is 0 Å². The molecule has 2 N–H and O–H groups in total. The van der Waals surface area contributed by atoms with Crippen molar-refractivity contribution in [2.24, 2.45) is 0 Å². The third kappa shape index (κ3) is 3.23. The first-order chi connectivity index (χ1) is 8.49. The van der Waals surface area contributed by atoms with Gasteiger partial charge in [0.25, 0.3) is 0 Å². The Labute approximate surface area is 113 Å². The van der Waals surface area contributed by atoms with E-state index in [4.69, 9.17) is 11.6 Å². The number of rotatable bonds is 4. The Morgan fingerprint density at radius 2 is 2.28 bits per heavy atom. The quantitative estimate of drug-likeness (QED) is 0.886. The van der Waals surface area contributed by atoms with Gasteiger partial charge in [-0.05, 0) is 44.0 Å². The number of hydrogen-bond acceptors (Lipinski definition) is 3. The van der Waals surface area contributed by atoms with E-state index in [0.717, 1.165) is 24.9 Å². The summed E-state index contributed by atoms with van der Waals surface area (Å²) in [7, 11) is -3.52.